The number of benzene rings is 2. The van der Waals surface area contributed by atoms with Gasteiger partial charge in [0, 0.05) is 7.05 Å². The topological polar surface area (TPSA) is 63.5 Å². The van der Waals surface area contributed by atoms with Crippen LogP contribution in [0.4, 0.5) is 0 Å². The highest BCUT2D eigenvalue weighted by Gasteiger charge is 2.12. The molecule has 1 aromatic heterocycles. The standard InChI is InChI=1S/C14H13N3O2S2/c1-17-12-9-5-6-10-13(12)20-14(17)15-16-21(18,19)11-7-3-2-4-8-11/h2-10,16H,1H3/b15-14-. The molecule has 1 N–H and O–H groups in total. The van der Waals surface area contributed by atoms with Crippen molar-refractivity contribution >= 4 is 31.6 Å². The first kappa shape index (κ1) is 13.8. The summed E-state index contributed by atoms with van der Waals surface area (Å²) < 4.78 is 27.2. The molecular weight excluding hydrogens is 306 g/mol. The zero-order chi connectivity index (χ0) is 14.9. The van der Waals surface area contributed by atoms with Crippen molar-refractivity contribution in [3.63, 3.8) is 0 Å². The van der Waals surface area contributed by atoms with Gasteiger partial charge in [-0.1, -0.05) is 41.7 Å². The minimum atomic E-state index is -3.64. The molecule has 0 radical (unpaired) electrons. The Balaban J connectivity index is 2.00. The van der Waals surface area contributed by atoms with Crippen LogP contribution in [0.2, 0.25) is 0 Å². The molecule has 0 spiro atoms. The average molecular weight is 319 g/mol. The third kappa shape index (κ3) is 2.70. The Morgan fingerprint density at radius 2 is 1.71 bits per heavy atom. The fourth-order valence-electron chi connectivity index (χ4n) is 1.94. The summed E-state index contributed by atoms with van der Waals surface area (Å²) in [6.07, 6.45) is 0. The maximum absolute atomic E-state index is 12.1. The average Bonchev–Trinajstić information content (AvgIpc) is 2.83. The molecule has 2 aromatic carbocycles. The molecular formula is C14H13N3O2S2. The van der Waals surface area contributed by atoms with E-state index in [9.17, 15) is 8.42 Å². The van der Waals surface area contributed by atoms with Gasteiger partial charge in [0.25, 0.3) is 10.0 Å². The quantitative estimate of drug-likeness (QED) is 0.751. The van der Waals surface area contributed by atoms with Crippen LogP contribution in [0.1, 0.15) is 0 Å². The number of aromatic nitrogens is 1. The second-order valence-electron chi connectivity index (χ2n) is 4.43. The zero-order valence-corrected chi connectivity index (χ0v) is 12.9. The third-order valence-corrected chi connectivity index (χ3v) is 5.37. The molecule has 0 aliphatic rings. The Kier molecular flexibility index (Phi) is 3.52. The summed E-state index contributed by atoms with van der Waals surface area (Å²) in [5.41, 5.74) is 1.01. The lowest BCUT2D eigenvalue weighted by atomic mass is 10.3. The van der Waals surface area contributed by atoms with Gasteiger partial charge in [0.1, 0.15) is 0 Å². The van der Waals surface area contributed by atoms with E-state index in [4.69, 9.17) is 0 Å². The van der Waals surface area contributed by atoms with Gasteiger partial charge in [-0.3, -0.25) is 0 Å². The van der Waals surface area contributed by atoms with E-state index in [1.54, 1.807) is 18.2 Å². The number of thiazole rings is 1. The van der Waals surface area contributed by atoms with Gasteiger partial charge >= 0.3 is 0 Å². The lowest BCUT2D eigenvalue weighted by molar-refractivity contribution is 0.582. The maximum Gasteiger partial charge on any atom is 0.276 e. The van der Waals surface area contributed by atoms with Crippen molar-refractivity contribution < 1.29 is 8.42 Å². The first-order chi connectivity index (χ1) is 10.1. The smallest absolute Gasteiger partial charge is 0.276 e. The van der Waals surface area contributed by atoms with Gasteiger partial charge in [0.15, 0.2) is 0 Å². The van der Waals surface area contributed by atoms with Crippen LogP contribution in [0, 0.1) is 0 Å². The summed E-state index contributed by atoms with van der Waals surface area (Å²) >= 11 is 1.43. The first-order valence-electron chi connectivity index (χ1n) is 6.23. The van der Waals surface area contributed by atoms with Crippen LogP contribution in [0.15, 0.2) is 64.6 Å². The molecule has 0 bridgehead atoms. The molecule has 3 aromatic rings. The van der Waals surface area contributed by atoms with Gasteiger partial charge in [-0.2, -0.15) is 13.2 Å². The van der Waals surface area contributed by atoms with Crippen molar-refractivity contribution in [2.75, 3.05) is 0 Å². The predicted octanol–water partition coefficient (Wildman–Crippen LogP) is 2.03. The van der Waals surface area contributed by atoms with E-state index >= 15 is 0 Å². The van der Waals surface area contributed by atoms with E-state index in [1.807, 2.05) is 35.9 Å². The Morgan fingerprint density at radius 3 is 2.43 bits per heavy atom. The second kappa shape index (κ2) is 5.34. The van der Waals surface area contributed by atoms with Crippen molar-refractivity contribution in [3.05, 3.63) is 59.4 Å². The van der Waals surface area contributed by atoms with Crippen molar-refractivity contribution in [1.82, 2.24) is 9.40 Å². The molecule has 0 aliphatic carbocycles. The summed E-state index contributed by atoms with van der Waals surface area (Å²) in [5, 5.41) is 4.03. The van der Waals surface area contributed by atoms with Gasteiger partial charge in [-0.05, 0) is 24.3 Å². The van der Waals surface area contributed by atoms with E-state index in [0.29, 0.717) is 4.80 Å². The Labute approximate surface area is 126 Å². The highest BCUT2D eigenvalue weighted by atomic mass is 32.2. The van der Waals surface area contributed by atoms with Crippen LogP contribution < -0.4 is 9.63 Å². The van der Waals surface area contributed by atoms with Crippen LogP contribution in [0.3, 0.4) is 0 Å². The van der Waals surface area contributed by atoms with Crippen LogP contribution in [-0.2, 0) is 17.1 Å². The number of para-hydroxylation sites is 1. The third-order valence-electron chi connectivity index (χ3n) is 3.03. The molecule has 0 saturated carbocycles. The molecule has 21 heavy (non-hydrogen) atoms. The van der Waals surface area contributed by atoms with Crippen molar-refractivity contribution in [2.45, 2.75) is 4.90 Å². The highest BCUT2D eigenvalue weighted by molar-refractivity contribution is 7.89. The zero-order valence-electron chi connectivity index (χ0n) is 11.2. The monoisotopic (exact) mass is 319 g/mol. The number of nitrogens with one attached hydrogen (secondary N) is 1. The molecule has 108 valence electrons. The number of sulfonamides is 1. The molecule has 0 atom stereocenters. The Hall–Kier alpha value is -2.12. The molecule has 0 unspecified atom stereocenters. The number of nitrogens with zero attached hydrogens (tertiary/aromatic N) is 2. The van der Waals surface area contributed by atoms with Gasteiger partial charge in [0.05, 0.1) is 15.1 Å². The summed E-state index contributed by atoms with van der Waals surface area (Å²) in [5.74, 6) is 0. The normalized spacial score (nSPS) is 12.7. The van der Waals surface area contributed by atoms with E-state index in [-0.39, 0.29) is 4.90 Å². The van der Waals surface area contributed by atoms with Crippen molar-refractivity contribution in [1.29, 1.82) is 0 Å². The fourth-order valence-corrected chi connectivity index (χ4v) is 3.80. The largest absolute Gasteiger partial charge is 0.318 e. The van der Waals surface area contributed by atoms with Gasteiger partial charge in [0.2, 0.25) is 4.80 Å². The van der Waals surface area contributed by atoms with Crippen molar-refractivity contribution in [3.8, 4) is 0 Å². The van der Waals surface area contributed by atoms with Gasteiger partial charge in [-0.15, -0.1) is 5.10 Å². The number of rotatable bonds is 3. The summed E-state index contributed by atoms with van der Waals surface area (Å²) in [4.78, 5) is 3.07. The summed E-state index contributed by atoms with van der Waals surface area (Å²) in [6.45, 7) is 0. The van der Waals surface area contributed by atoms with Gasteiger partial charge < -0.3 is 4.57 Å². The molecule has 7 heteroatoms. The van der Waals surface area contributed by atoms with E-state index in [2.05, 4.69) is 9.93 Å². The molecule has 0 saturated heterocycles. The minimum absolute atomic E-state index is 0.192. The van der Waals surface area contributed by atoms with Crippen molar-refractivity contribution in [2.24, 2.45) is 12.1 Å². The number of hydrogen-bond donors (Lipinski definition) is 1. The van der Waals surface area contributed by atoms with Crippen LogP contribution in [0.25, 0.3) is 10.2 Å². The number of hydrogen-bond acceptors (Lipinski definition) is 4. The van der Waals surface area contributed by atoms with E-state index in [0.717, 1.165) is 10.2 Å². The van der Waals surface area contributed by atoms with E-state index in [1.165, 1.54) is 23.5 Å². The van der Waals surface area contributed by atoms with E-state index < -0.39 is 10.0 Å². The van der Waals surface area contributed by atoms with Crippen LogP contribution >= 0.6 is 11.3 Å². The Bertz CT molecular complexity index is 941. The lowest BCUT2D eigenvalue weighted by Gasteiger charge is -2.02. The first-order valence-corrected chi connectivity index (χ1v) is 8.53. The van der Waals surface area contributed by atoms with Gasteiger partial charge in [-0.25, -0.2) is 0 Å². The fraction of sp³-hybridized carbons (Fsp3) is 0.0714. The SMILES string of the molecule is Cn1/c(=N/NS(=O)(=O)c2ccccc2)sc2ccccc21. The molecule has 1 heterocycles. The summed E-state index contributed by atoms with van der Waals surface area (Å²) in [6, 6.07) is 16.0. The van der Waals surface area contributed by atoms with Crippen LogP contribution in [0.5, 0.6) is 0 Å². The second-order valence-corrected chi connectivity index (χ2v) is 7.10. The lowest BCUT2D eigenvalue weighted by Crippen LogP contribution is -2.23. The highest BCUT2D eigenvalue weighted by Crippen LogP contribution is 2.15. The summed E-state index contributed by atoms with van der Waals surface area (Å²) in [7, 11) is -1.78. The predicted molar refractivity (Wildman–Crippen MR) is 83.1 cm³/mol. The molecule has 5 nitrogen and oxygen atoms in total. The molecule has 3 rings (SSSR count). The molecule has 0 fully saturated rings. The van der Waals surface area contributed by atoms with Crippen LogP contribution in [-0.4, -0.2) is 13.0 Å². The Morgan fingerprint density at radius 1 is 1.05 bits per heavy atom. The minimum Gasteiger partial charge on any atom is -0.318 e. The number of aryl methyl sites for hydroxylation is 1. The maximum atomic E-state index is 12.1. The number of fused-ring (bicyclic) bond motifs is 1. The molecule has 0 aliphatic heterocycles. The molecule has 0 amide bonds.